The molecule has 0 aliphatic carbocycles. The third kappa shape index (κ3) is 3.37. The topological polar surface area (TPSA) is 0 Å². The molecular weight excluding hydrogens is 138 g/mol. The van der Waals surface area contributed by atoms with Crippen LogP contribution in [0.15, 0.2) is 0 Å². The fourth-order valence-corrected chi connectivity index (χ4v) is 1.40. The molecule has 1 nitrogen and oxygen atoms in total. The average Bonchev–Trinajstić information content (AvgIpc) is 2.00. The summed E-state index contributed by atoms with van der Waals surface area (Å²) in [7, 11) is 3.74. The molecule has 0 saturated heterocycles. The van der Waals surface area contributed by atoms with Gasteiger partial charge in [0.05, 0.1) is 26.7 Å². The molecular formula is C8H22NSi+. The van der Waals surface area contributed by atoms with Gasteiger partial charge in [-0.05, 0) is 20.3 Å². The molecule has 62 valence electrons. The third-order valence-electron chi connectivity index (χ3n) is 2.58. The molecule has 0 bridgehead atoms. The molecule has 10 heavy (non-hydrogen) atoms. The number of quaternary nitrogens is 1. The van der Waals surface area contributed by atoms with Crippen LogP contribution in [0.2, 0.25) is 6.04 Å². The Hall–Kier alpha value is 0.177. The molecule has 0 fully saturated rings. The second-order valence-corrected chi connectivity index (χ2v) is 4.33. The molecule has 0 spiro atoms. The molecule has 0 aromatic carbocycles. The molecule has 0 N–H and O–H groups in total. The van der Waals surface area contributed by atoms with Crippen molar-refractivity contribution in [2.24, 2.45) is 0 Å². The highest BCUT2D eigenvalue weighted by molar-refractivity contribution is 6.08. The molecule has 0 aromatic rings. The number of rotatable bonds is 5. The van der Waals surface area contributed by atoms with E-state index in [-0.39, 0.29) is 0 Å². The Labute approximate surface area is 68.4 Å². The molecule has 0 saturated carbocycles. The summed E-state index contributed by atoms with van der Waals surface area (Å²) in [5.74, 6) is 0. The first-order valence-electron chi connectivity index (χ1n) is 4.52. The summed E-state index contributed by atoms with van der Waals surface area (Å²) in [6, 6.07) is 1.47. The van der Waals surface area contributed by atoms with Gasteiger partial charge in [0.1, 0.15) is 0 Å². The lowest BCUT2D eigenvalue weighted by Gasteiger charge is -2.31. The lowest BCUT2D eigenvalue weighted by Crippen LogP contribution is -2.44. The lowest BCUT2D eigenvalue weighted by molar-refractivity contribution is -0.906. The zero-order valence-corrected chi connectivity index (χ0v) is 9.98. The lowest BCUT2D eigenvalue weighted by atomic mass is 10.3. The van der Waals surface area contributed by atoms with Crippen LogP contribution >= 0.6 is 0 Å². The van der Waals surface area contributed by atoms with Gasteiger partial charge in [-0.25, -0.2) is 0 Å². The maximum absolute atomic E-state index is 2.36. The summed E-state index contributed by atoms with van der Waals surface area (Å²) in [4.78, 5) is 0. The van der Waals surface area contributed by atoms with E-state index in [0.717, 1.165) is 0 Å². The van der Waals surface area contributed by atoms with Crippen LogP contribution in [0.1, 0.15) is 20.3 Å². The van der Waals surface area contributed by atoms with Crippen LogP contribution in [0.5, 0.6) is 0 Å². The van der Waals surface area contributed by atoms with Crippen molar-refractivity contribution < 1.29 is 4.48 Å². The molecule has 0 aliphatic rings. The predicted molar refractivity (Wildman–Crippen MR) is 51.5 cm³/mol. The minimum Gasteiger partial charge on any atom is -0.327 e. The summed E-state index contributed by atoms with van der Waals surface area (Å²) in [6.07, 6.45) is 1.43. The van der Waals surface area contributed by atoms with Gasteiger partial charge in [0.15, 0.2) is 0 Å². The largest absolute Gasteiger partial charge is 0.327 e. The van der Waals surface area contributed by atoms with Gasteiger partial charge in [-0.1, -0.05) is 6.04 Å². The number of hydrogen-bond donors (Lipinski definition) is 0. The van der Waals surface area contributed by atoms with E-state index in [1.165, 1.54) is 46.8 Å². The van der Waals surface area contributed by atoms with E-state index in [1.54, 1.807) is 0 Å². The molecule has 0 atom stereocenters. The first-order valence-corrected chi connectivity index (χ1v) is 5.93. The number of hydrogen-bond acceptors (Lipinski definition) is 0. The summed E-state index contributed by atoms with van der Waals surface area (Å²) in [6.45, 7) is 8.54. The van der Waals surface area contributed by atoms with Gasteiger partial charge < -0.3 is 4.48 Å². The molecule has 0 rings (SSSR count). The quantitative estimate of drug-likeness (QED) is 0.409. The Morgan fingerprint density at radius 3 is 2.00 bits per heavy atom. The highest BCUT2D eigenvalue weighted by Gasteiger charge is 2.13. The summed E-state index contributed by atoms with van der Waals surface area (Å²) in [5, 5.41) is 0. The highest BCUT2D eigenvalue weighted by Crippen LogP contribution is 2.03. The molecule has 0 amide bonds. The highest BCUT2D eigenvalue weighted by atomic mass is 28.1. The summed E-state index contributed by atoms with van der Waals surface area (Å²) in [5.41, 5.74) is 0. The molecule has 0 aliphatic heterocycles. The monoisotopic (exact) mass is 160 g/mol. The zero-order chi connectivity index (χ0) is 8.04. The average molecular weight is 160 g/mol. The number of nitrogens with zero attached hydrogens (tertiary/aromatic N) is 1. The smallest absolute Gasteiger partial charge is 0.0781 e. The molecule has 0 radical (unpaired) electrons. The molecule has 0 unspecified atom stereocenters. The molecule has 2 heteroatoms. The second kappa shape index (κ2) is 4.91. The Kier molecular flexibility index (Phi) is 5.00. The van der Waals surface area contributed by atoms with Crippen LogP contribution in [-0.4, -0.2) is 41.4 Å². The van der Waals surface area contributed by atoms with Gasteiger partial charge >= 0.3 is 0 Å². The van der Waals surface area contributed by atoms with E-state index >= 15 is 0 Å². The minimum atomic E-state index is 1.27. The van der Waals surface area contributed by atoms with E-state index < -0.39 is 0 Å². The Balaban J connectivity index is 3.58. The Morgan fingerprint density at radius 2 is 1.70 bits per heavy atom. The second-order valence-electron chi connectivity index (χ2n) is 3.33. The van der Waals surface area contributed by atoms with E-state index in [1.807, 2.05) is 0 Å². The zero-order valence-electron chi connectivity index (χ0n) is 7.98. The molecule has 0 aromatic heterocycles. The third-order valence-corrected chi connectivity index (χ3v) is 3.29. The van der Waals surface area contributed by atoms with Gasteiger partial charge in [-0.2, -0.15) is 0 Å². The van der Waals surface area contributed by atoms with Crippen molar-refractivity contribution in [3.8, 4) is 0 Å². The summed E-state index contributed by atoms with van der Waals surface area (Å²) >= 11 is 0. The van der Waals surface area contributed by atoms with Crippen LogP contribution in [0.25, 0.3) is 0 Å². The minimum absolute atomic E-state index is 1.27. The van der Waals surface area contributed by atoms with E-state index in [9.17, 15) is 0 Å². The van der Waals surface area contributed by atoms with Crippen LogP contribution in [-0.2, 0) is 0 Å². The van der Waals surface area contributed by atoms with Crippen molar-refractivity contribution in [1.29, 1.82) is 0 Å². The standard InChI is InChI=1S/C8H22NSi/c1-4-9(3,5-2)7-6-8-10/h4-8H2,1-3,10H3/q+1. The van der Waals surface area contributed by atoms with Gasteiger partial charge in [-0.3, -0.25) is 0 Å². The van der Waals surface area contributed by atoms with Crippen molar-refractivity contribution >= 4 is 10.2 Å². The van der Waals surface area contributed by atoms with Gasteiger partial charge in [0.2, 0.25) is 0 Å². The van der Waals surface area contributed by atoms with E-state index in [2.05, 4.69) is 20.9 Å². The van der Waals surface area contributed by atoms with Crippen LogP contribution in [0.4, 0.5) is 0 Å². The normalized spacial score (nSPS) is 12.3. The van der Waals surface area contributed by atoms with Gasteiger partial charge in [0, 0.05) is 10.2 Å². The van der Waals surface area contributed by atoms with Crippen molar-refractivity contribution in [1.82, 2.24) is 0 Å². The summed E-state index contributed by atoms with van der Waals surface area (Å²) < 4.78 is 1.27. The van der Waals surface area contributed by atoms with Crippen LogP contribution < -0.4 is 0 Å². The fourth-order valence-electron chi connectivity index (χ4n) is 1.08. The Bertz CT molecular complexity index is 79.3. The van der Waals surface area contributed by atoms with E-state index in [4.69, 9.17) is 0 Å². The first kappa shape index (κ1) is 10.2. The predicted octanol–water partition coefficient (Wildman–Crippen LogP) is 0.647. The maximum Gasteiger partial charge on any atom is 0.0781 e. The van der Waals surface area contributed by atoms with Crippen molar-refractivity contribution in [3.63, 3.8) is 0 Å². The SMILES string of the molecule is CC[N+](C)(CC)CCC[SiH3]. The first-order chi connectivity index (χ1) is 4.68. The van der Waals surface area contributed by atoms with Crippen molar-refractivity contribution in [3.05, 3.63) is 0 Å². The van der Waals surface area contributed by atoms with Crippen molar-refractivity contribution in [2.45, 2.75) is 26.3 Å². The fraction of sp³-hybridized carbons (Fsp3) is 1.00. The Morgan fingerprint density at radius 1 is 1.20 bits per heavy atom. The maximum atomic E-state index is 2.36. The van der Waals surface area contributed by atoms with Gasteiger partial charge in [-0.15, -0.1) is 0 Å². The van der Waals surface area contributed by atoms with Gasteiger partial charge in [0.25, 0.3) is 0 Å². The van der Waals surface area contributed by atoms with Crippen molar-refractivity contribution in [2.75, 3.05) is 26.7 Å². The molecule has 0 heterocycles. The van der Waals surface area contributed by atoms with Crippen LogP contribution in [0.3, 0.4) is 0 Å². The van der Waals surface area contributed by atoms with Crippen LogP contribution in [0, 0.1) is 0 Å². The van der Waals surface area contributed by atoms with E-state index in [0.29, 0.717) is 0 Å².